The number of carbonyl (C=O) groups is 5. The van der Waals surface area contributed by atoms with Crippen molar-refractivity contribution in [2.75, 3.05) is 72.1 Å². The van der Waals surface area contributed by atoms with Crippen LogP contribution in [0.15, 0.2) is 58.1 Å². The van der Waals surface area contributed by atoms with Gasteiger partial charge in [-0.3, -0.25) is 13.9 Å². The summed E-state index contributed by atoms with van der Waals surface area (Å²) in [6, 6.07) is 14.1. The third-order valence-corrected chi connectivity index (χ3v) is 11.4. The van der Waals surface area contributed by atoms with Crippen LogP contribution in [0.1, 0.15) is 71.9 Å². The fourth-order valence-electron chi connectivity index (χ4n) is 8.08. The number of carboxylic acids is 2. The molecule has 5 heterocycles. The number of morpholine rings is 1. The van der Waals surface area contributed by atoms with E-state index in [9.17, 15) is 24.0 Å². The number of imidazole rings is 2. The summed E-state index contributed by atoms with van der Waals surface area (Å²) in [5.74, 6) is -2.59. The van der Waals surface area contributed by atoms with Crippen LogP contribution in [-0.2, 0) is 19.1 Å². The van der Waals surface area contributed by atoms with Gasteiger partial charge in [0.05, 0.1) is 35.3 Å². The molecule has 2 aromatic heterocycles. The molecule has 0 unspecified atom stereocenters. The van der Waals surface area contributed by atoms with E-state index in [1.165, 1.54) is 9.13 Å². The van der Waals surface area contributed by atoms with Crippen molar-refractivity contribution in [1.29, 1.82) is 0 Å². The molecule has 0 aliphatic carbocycles. The predicted molar refractivity (Wildman–Crippen MR) is 233 cm³/mol. The molecule has 5 N–H and O–H groups in total. The number of piperidine rings is 2. The number of amides is 3. The number of aromatic nitrogens is 4. The molecule has 3 saturated heterocycles. The molecule has 62 heavy (non-hydrogen) atoms. The van der Waals surface area contributed by atoms with Crippen molar-refractivity contribution in [3.05, 3.63) is 69.5 Å². The van der Waals surface area contributed by atoms with Crippen LogP contribution in [0.2, 0.25) is 0 Å². The van der Waals surface area contributed by atoms with Gasteiger partial charge in [0.2, 0.25) is 5.91 Å². The Labute approximate surface area is 359 Å². The molecule has 0 bridgehead atoms. The summed E-state index contributed by atoms with van der Waals surface area (Å²) in [5.41, 5.74) is 2.28. The van der Waals surface area contributed by atoms with Crippen molar-refractivity contribution >= 4 is 52.0 Å². The van der Waals surface area contributed by atoms with Crippen LogP contribution in [0, 0.1) is 11.8 Å². The Morgan fingerprint density at radius 2 is 1.08 bits per heavy atom. The van der Waals surface area contributed by atoms with Gasteiger partial charge in [0.15, 0.2) is 0 Å². The molecule has 3 aliphatic heterocycles. The van der Waals surface area contributed by atoms with Gasteiger partial charge in [0.1, 0.15) is 0 Å². The first kappa shape index (κ1) is 47.3. The first-order valence-electron chi connectivity index (χ1n) is 21.4. The second-order valence-electron chi connectivity index (χ2n) is 16.3. The number of nitrogens with zero attached hydrogens (tertiary/aromatic N) is 6. The Kier molecular flexibility index (Phi) is 17.0. The van der Waals surface area contributed by atoms with Gasteiger partial charge in [-0.05, 0) is 116 Å². The van der Waals surface area contributed by atoms with Crippen molar-refractivity contribution in [2.24, 2.45) is 11.8 Å². The summed E-state index contributed by atoms with van der Waals surface area (Å²) in [4.78, 5) is 85.9. The zero-order valence-corrected chi connectivity index (χ0v) is 36.1. The van der Waals surface area contributed by atoms with Crippen LogP contribution in [0.5, 0.6) is 0 Å². The Morgan fingerprint density at radius 1 is 0.661 bits per heavy atom. The van der Waals surface area contributed by atoms with Gasteiger partial charge >= 0.3 is 35.4 Å². The number of carbonyl (C=O) groups excluding carboxylic acids is 3. The van der Waals surface area contributed by atoms with E-state index >= 15 is 0 Å². The average molecular weight is 864 g/mol. The van der Waals surface area contributed by atoms with Crippen LogP contribution in [0.25, 0.3) is 22.1 Å². The summed E-state index contributed by atoms with van der Waals surface area (Å²) in [7, 11) is 0. The van der Waals surface area contributed by atoms with E-state index in [0.29, 0.717) is 68.7 Å². The lowest BCUT2D eigenvalue weighted by Gasteiger charge is -2.33. The van der Waals surface area contributed by atoms with Crippen molar-refractivity contribution < 1.29 is 38.9 Å². The van der Waals surface area contributed by atoms with Crippen LogP contribution < -0.4 is 27.3 Å². The Balaban J connectivity index is 0.000000217. The van der Waals surface area contributed by atoms with Crippen LogP contribution in [-0.4, -0.2) is 140 Å². The van der Waals surface area contributed by atoms with E-state index in [1.54, 1.807) is 9.13 Å². The SMILES string of the molecule is CC(C)n1c(=O)n(C(=O)NCC2CCN(CCC(=O)N3CCOCC3)CC2)c2ccccc21.CC(C)n1c(=O)n(C(=O)NCC2CCNCC2)c2ccccc21.O=C(O)C(=O)O. The molecule has 4 aromatic rings. The van der Waals surface area contributed by atoms with Gasteiger partial charge in [0, 0.05) is 51.2 Å². The number of aliphatic carboxylic acids is 2. The van der Waals surface area contributed by atoms with Gasteiger partial charge in [-0.2, -0.15) is 0 Å². The van der Waals surface area contributed by atoms with Crippen LogP contribution in [0.4, 0.5) is 9.59 Å². The lowest BCUT2D eigenvalue weighted by atomic mass is 9.96. The van der Waals surface area contributed by atoms with Crippen molar-refractivity contribution in [3.63, 3.8) is 0 Å². The highest BCUT2D eigenvalue weighted by atomic mass is 16.5. The molecule has 0 radical (unpaired) electrons. The summed E-state index contributed by atoms with van der Waals surface area (Å²) < 4.78 is 11.1. The third kappa shape index (κ3) is 12.0. The number of likely N-dealkylation sites (tertiary alicyclic amines) is 1. The smallest absolute Gasteiger partial charge is 0.414 e. The molecule has 0 spiro atoms. The monoisotopic (exact) mass is 863 g/mol. The molecule has 3 amide bonds. The van der Waals surface area contributed by atoms with Crippen molar-refractivity contribution in [3.8, 4) is 0 Å². The number of para-hydroxylation sites is 4. The summed E-state index contributed by atoms with van der Waals surface area (Å²) in [5, 5.41) is 24.0. The number of hydrogen-bond donors (Lipinski definition) is 5. The lowest BCUT2D eigenvalue weighted by Crippen LogP contribution is -2.44. The fraction of sp³-hybridized carbons (Fsp3) is 0.558. The quantitative estimate of drug-likeness (QED) is 0.153. The highest BCUT2D eigenvalue weighted by Gasteiger charge is 2.25. The zero-order valence-electron chi connectivity index (χ0n) is 36.1. The number of ether oxygens (including phenoxy) is 1. The molecule has 0 saturated carbocycles. The Hall–Kier alpha value is -5.79. The topological polar surface area (TPSA) is 231 Å². The predicted octanol–water partition coefficient (Wildman–Crippen LogP) is 3.00. The third-order valence-electron chi connectivity index (χ3n) is 11.4. The molecular weight excluding hydrogens is 803 g/mol. The van der Waals surface area contributed by atoms with Gasteiger partial charge in [0.25, 0.3) is 0 Å². The number of fused-ring (bicyclic) bond motifs is 2. The van der Waals surface area contributed by atoms with Gasteiger partial charge in [-0.25, -0.2) is 37.9 Å². The molecule has 7 rings (SSSR count). The minimum Gasteiger partial charge on any atom is -0.473 e. The van der Waals surface area contributed by atoms with E-state index in [0.717, 1.165) is 69.4 Å². The minimum atomic E-state index is -1.82. The minimum absolute atomic E-state index is 0.00543. The molecular formula is C43H61N9O10. The largest absolute Gasteiger partial charge is 0.473 e. The highest BCUT2D eigenvalue weighted by Crippen LogP contribution is 2.20. The number of carboxylic acid groups (broad SMARTS) is 2. The second kappa shape index (κ2) is 22.3. The van der Waals surface area contributed by atoms with E-state index in [2.05, 4.69) is 20.9 Å². The van der Waals surface area contributed by atoms with Gasteiger partial charge < -0.3 is 40.7 Å². The van der Waals surface area contributed by atoms with Crippen molar-refractivity contribution in [1.82, 2.24) is 44.0 Å². The molecule has 2 aromatic carbocycles. The molecule has 19 heteroatoms. The number of benzene rings is 2. The summed E-state index contributed by atoms with van der Waals surface area (Å²) >= 11 is 0. The van der Waals surface area contributed by atoms with E-state index in [1.807, 2.05) is 81.1 Å². The molecule has 338 valence electrons. The maximum Gasteiger partial charge on any atom is 0.414 e. The normalized spacial score (nSPS) is 16.4. The van der Waals surface area contributed by atoms with Crippen LogP contribution in [0.3, 0.4) is 0 Å². The number of hydrogen-bond acceptors (Lipinski definition) is 10. The number of nitrogens with one attached hydrogen (secondary N) is 3. The average Bonchev–Trinajstić information content (AvgIpc) is 3.75. The molecule has 19 nitrogen and oxygen atoms in total. The number of rotatable bonds is 9. The van der Waals surface area contributed by atoms with Crippen molar-refractivity contribution in [2.45, 2.75) is 71.9 Å². The molecule has 3 aliphatic rings. The lowest BCUT2D eigenvalue weighted by molar-refractivity contribution is -0.159. The molecule has 0 atom stereocenters. The maximum absolute atomic E-state index is 12.9. The Morgan fingerprint density at radius 3 is 1.50 bits per heavy atom. The Bertz CT molecular complexity index is 2280. The zero-order chi connectivity index (χ0) is 44.9. The fourth-order valence-corrected chi connectivity index (χ4v) is 8.08. The second-order valence-corrected chi connectivity index (χ2v) is 16.3. The summed E-state index contributed by atoms with van der Waals surface area (Å²) in [6.45, 7) is 16.2. The van der Waals surface area contributed by atoms with Crippen LogP contribution >= 0.6 is 0 Å². The van der Waals surface area contributed by atoms with Gasteiger partial charge in [-0.15, -0.1) is 0 Å². The van der Waals surface area contributed by atoms with E-state index in [-0.39, 0.29) is 41.4 Å². The van der Waals surface area contributed by atoms with E-state index in [4.69, 9.17) is 24.5 Å². The van der Waals surface area contributed by atoms with E-state index < -0.39 is 11.9 Å². The first-order chi connectivity index (χ1) is 29.7. The van der Waals surface area contributed by atoms with Gasteiger partial charge in [-0.1, -0.05) is 24.3 Å². The maximum atomic E-state index is 12.9. The first-order valence-corrected chi connectivity index (χ1v) is 21.4. The standard InChI is InChI=1S/C24H35N5O4.C17H24N4O2.C2H2O4/c1-18(2)28-20-5-3-4-6-21(20)29(24(28)32)23(31)25-17-19-7-10-26(11-8-19)12-9-22(30)27-13-15-33-16-14-27;1-12(2)20-14-5-3-4-6-15(14)21(17(20)23)16(22)19-11-13-7-9-18-10-8-13;3-1(4)2(5)6/h3-6,18-19H,7-17H2,1-2H3,(H,25,31);3-6,12-13,18H,7-11H2,1-2H3,(H,19,22);(H,3,4)(H,5,6). The summed E-state index contributed by atoms with van der Waals surface area (Å²) in [6.07, 6.45) is 4.60. The highest BCUT2D eigenvalue weighted by molar-refractivity contribution is 6.27. The molecule has 3 fully saturated rings.